The summed E-state index contributed by atoms with van der Waals surface area (Å²) in [5.74, 6) is -0.402. The highest BCUT2D eigenvalue weighted by Crippen LogP contribution is 2.25. The van der Waals surface area contributed by atoms with Crippen LogP contribution in [0.1, 0.15) is 32.8 Å². The first-order valence-electron chi connectivity index (χ1n) is 6.44. The SMILES string of the molecule is COc1ccc(C(C)(C)C(=O)NC(C)CC(=O)O)cc1. The Hall–Kier alpha value is -2.04. The summed E-state index contributed by atoms with van der Waals surface area (Å²) >= 11 is 0. The number of hydrogen-bond acceptors (Lipinski definition) is 3. The molecule has 0 aliphatic heterocycles. The first kappa shape index (κ1) is 16.0. The van der Waals surface area contributed by atoms with Crippen molar-refractivity contribution < 1.29 is 19.4 Å². The van der Waals surface area contributed by atoms with Crippen LogP contribution in [-0.2, 0) is 15.0 Å². The molecule has 110 valence electrons. The highest BCUT2D eigenvalue weighted by atomic mass is 16.5. The molecule has 1 rings (SSSR count). The van der Waals surface area contributed by atoms with E-state index in [9.17, 15) is 9.59 Å². The van der Waals surface area contributed by atoms with E-state index in [1.807, 2.05) is 12.1 Å². The summed E-state index contributed by atoms with van der Waals surface area (Å²) in [5.41, 5.74) is 0.109. The van der Waals surface area contributed by atoms with Gasteiger partial charge in [0.1, 0.15) is 5.75 Å². The minimum Gasteiger partial charge on any atom is -0.497 e. The van der Waals surface area contributed by atoms with Gasteiger partial charge in [0.05, 0.1) is 18.9 Å². The van der Waals surface area contributed by atoms with Gasteiger partial charge >= 0.3 is 5.97 Å². The minimum atomic E-state index is -0.931. The molecule has 1 aromatic rings. The molecule has 20 heavy (non-hydrogen) atoms. The number of nitrogens with one attached hydrogen (secondary N) is 1. The minimum absolute atomic E-state index is 0.0928. The summed E-state index contributed by atoms with van der Waals surface area (Å²) in [5, 5.41) is 11.4. The fourth-order valence-electron chi connectivity index (χ4n) is 1.86. The van der Waals surface area contributed by atoms with E-state index in [1.54, 1.807) is 40.0 Å². The molecule has 0 aromatic heterocycles. The van der Waals surface area contributed by atoms with Gasteiger partial charge in [-0.1, -0.05) is 12.1 Å². The quantitative estimate of drug-likeness (QED) is 0.834. The summed E-state index contributed by atoms with van der Waals surface area (Å²) in [7, 11) is 1.58. The second-order valence-corrected chi connectivity index (χ2v) is 5.33. The smallest absolute Gasteiger partial charge is 0.305 e. The van der Waals surface area contributed by atoms with Crippen molar-refractivity contribution in [3.05, 3.63) is 29.8 Å². The average Bonchev–Trinajstić information content (AvgIpc) is 2.37. The number of carboxylic acids is 1. The van der Waals surface area contributed by atoms with Crippen LogP contribution in [-0.4, -0.2) is 30.1 Å². The topological polar surface area (TPSA) is 75.6 Å². The normalized spacial score (nSPS) is 12.6. The first-order valence-corrected chi connectivity index (χ1v) is 6.44. The Morgan fingerprint density at radius 2 is 1.85 bits per heavy atom. The van der Waals surface area contributed by atoms with E-state index in [0.29, 0.717) is 0 Å². The van der Waals surface area contributed by atoms with Crippen molar-refractivity contribution in [1.29, 1.82) is 0 Å². The fraction of sp³-hybridized carbons (Fsp3) is 0.467. The zero-order valence-corrected chi connectivity index (χ0v) is 12.3. The number of carboxylic acid groups (broad SMARTS) is 1. The van der Waals surface area contributed by atoms with Crippen LogP contribution < -0.4 is 10.1 Å². The maximum absolute atomic E-state index is 12.3. The van der Waals surface area contributed by atoms with Crippen molar-refractivity contribution in [3.8, 4) is 5.75 Å². The standard InChI is InChI=1S/C15H21NO4/c1-10(9-13(17)18)16-14(19)15(2,3)11-5-7-12(20-4)8-6-11/h5-8,10H,9H2,1-4H3,(H,16,19)(H,17,18). The predicted octanol–water partition coefficient (Wildman–Crippen LogP) is 1.95. The van der Waals surface area contributed by atoms with Crippen LogP contribution in [0.5, 0.6) is 5.75 Å². The number of ether oxygens (including phenoxy) is 1. The molecule has 5 nitrogen and oxygen atoms in total. The summed E-state index contributed by atoms with van der Waals surface area (Å²) in [6.07, 6.45) is -0.0928. The third kappa shape index (κ3) is 3.98. The van der Waals surface area contributed by atoms with Gasteiger partial charge in [0.25, 0.3) is 0 Å². The fourth-order valence-corrected chi connectivity index (χ4v) is 1.86. The highest BCUT2D eigenvalue weighted by molar-refractivity contribution is 5.87. The zero-order valence-electron chi connectivity index (χ0n) is 12.3. The van der Waals surface area contributed by atoms with Gasteiger partial charge < -0.3 is 15.2 Å². The summed E-state index contributed by atoms with van der Waals surface area (Å²) in [4.78, 5) is 22.9. The Balaban J connectivity index is 2.80. The van der Waals surface area contributed by atoms with Crippen molar-refractivity contribution in [2.24, 2.45) is 0 Å². The number of amides is 1. The number of aliphatic carboxylic acids is 1. The van der Waals surface area contributed by atoms with E-state index < -0.39 is 17.4 Å². The summed E-state index contributed by atoms with van der Waals surface area (Å²) < 4.78 is 5.08. The molecule has 0 spiro atoms. The van der Waals surface area contributed by atoms with Crippen LogP contribution in [0, 0.1) is 0 Å². The van der Waals surface area contributed by atoms with Gasteiger partial charge in [-0.15, -0.1) is 0 Å². The molecule has 1 aromatic carbocycles. The third-order valence-electron chi connectivity index (χ3n) is 3.24. The number of carbonyl (C=O) groups is 2. The maximum atomic E-state index is 12.3. The monoisotopic (exact) mass is 279 g/mol. The number of hydrogen-bond donors (Lipinski definition) is 2. The van der Waals surface area contributed by atoms with Gasteiger partial charge in [-0.05, 0) is 38.5 Å². The molecule has 0 aliphatic carbocycles. The summed E-state index contributed by atoms with van der Waals surface area (Å²) in [6, 6.07) is 6.86. The lowest BCUT2D eigenvalue weighted by Gasteiger charge is -2.26. The van der Waals surface area contributed by atoms with E-state index in [-0.39, 0.29) is 12.3 Å². The Morgan fingerprint density at radius 3 is 2.30 bits per heavy atom. The molecule has 1 amide bonds. The zero-order chi connectivity index (χ0) is 15.3. The number of benzene rings is 1. The van der Waals surface area contributed by atoms with Gasteiger partial charge in [0.15, 0.2) is 0 Å². The lowest BCUT2D eigenvalue weighted by atomic mass is 9.83. The maximum Gasteiger partial charge on any atom is 0.305 e. The first-order chi connectivity index (χ1) is 9.27. The van der Waals surface area contributed by atoms with Gasteiger partial charge in [0, 0.05) is 6.04 Å². The third-order valence-corrected chi connectivity index (χ3v) is 3.24. The van der Waals surface area contributed by atoms with E-state index in [4.69, 9.17) is 9.84 Å². The lowest BCUT2D eigenvalue weighted by molar-refractivity contribution is -0.137. The molecule has 5 heteroatoms. The molecule has 0 saturated heterocycles. The lowest BCUT2D eigenvalue weighted by Crippen LogP contribution is -2.44. The number of carbonyl (C=O) groups excluding carboxylic acids is 1. The molecule has 0 heterocycles. The van der Waals surface area contributed by atoms with Crippen molar-refractivity contribution in [2.45, 2.75) is 38.6 Å². The predicted molar refractivity (Wildman–Crippen MR) is 75.9 cm³/mol. The Morgan fingerprint density at radius 1 is 1.30 bits per heavy atom. The number of rotatable bonds is 6. The van der Waals surface area contributed by atoms with Crippen molar-refractivity contribution in [2.75, 3.05) is 7.11 Å². The van der Waals surface area contributed by atoms with Crippen molar-refractivity contribution in [1.82, 2.24) is 5.32 Å². The van der Waals surface area contributed by atoms with Gasteiger partial charge in [-0.2, -0.15) is 0 Å². The largest absolute Gasteiger partial charge is 0.497 e. The van der Waals surface area contributed by atoms with E-state index in [0.717, 1.165) is 11.3 Å². The second kappa shape index (κ2) is 6.41. The number of methoxy groups -OCH3 is 1. The molecular formula is C15H21NO4. The van der Waals surface area contributed by atoms with Gasteiger partial charge in [0.2, 0.25) is 5.91 Å². The molecule has 1 unspecified atom stereocenters. The van der Waals surface area contributed by atoms with Gasteiger partial charge in [-0.25, -0.2) is 0 Å². The molecule has 0 bridgehead atoms. The average molecular weight is 279 g/mol. The Bertz CT molecular complexity index is 479. The molecule has 1 atom stereocenters. The highest BCUT2D eigenvalue weighted by Gasteiger charge is 2.30. The molecule has 0 fully saturated rings. The van der Waals surface area contributed by atoms with Crippen LogP contribution in [0.2, 0.25) is 0 Å². The Kier molecular flexibility index (Phi) is 5.13. The molecule has 2 N–H and O–H groups in total. The molecule has 0 radical (unpaired) electrons. The van der Waals surface area contributed by atoms with Crippen LogP contribution in [0.3, 0.4) is 0 Å². The van der Waals surface area contributed by atoms with Crippen molar-refractivity contribution in [3.63, 3.8) is 0 Å². The van der Waals surface area contributed by atoms with Crippen molar-refractivity contribution >= 4 is 11.9 Å². The summed E-state index contributed by atoms with van der Waals surface area (Å²) in [6.45, 7) is 5.28. The second-order valence-electron chi connectivity index (χ2n) is 5.33. The molecule has 0 saturated carbocycles. The van der Waals surface area contributed by atoms with Crippen LogP contribution in [0.4, 0.5) is 0 Å². The van der Waals surface area contributed by atoms with Crippen LogP contribution >= 0.6 is 0 Å². The molecule has 0 aliphatic rings. The van der Waals surface area contributed by atoms with Gasteiger partial charge in [-0.3, -0.25) is 9.59 Å². The van der Waals surface area contributed by atoms with E-state index in [1.165, 1.54) is 0 Å². The molecular weight excluding hydrogens is 258 g/mol. The Labute approximate surface area is 118 Å². The van der Waals surface area contributed by atoms with E-state index >= 15 is 0 Å². The van der Waals surface area contributed by atoms with Crippen LogP contribution in [0.15, 0.2) is 24.3 Å². The van der Waals surface area contributed by atoms with Crippen LogP contribution in [0.25, 0.3) is 0 Å². The van der Waals surface area contributed by atoms with E-state index in [2.05, 4.69) is 5.32 Å².